The van der Waals surface area contributed by atoms with E-state index in [9.17, 15) is 4.79 Å². The first kappa shape index (κ1) is 14.2. The van der Waals surface area contributed by atoms with Crippen molar-refractivity contribution in [3.8, 4) is 11.5 Å². The Labute approximate surface area is 111 Å². The van der Waals surface area contributed by atoms with E-state index in [4.69, 9.17) is 26.8 Å². The Hall–Kier alpha value is -1.82. The molecule has 0 unspecified atom stereocenters. The number of aliphatic carboxylic acids is 1. The minimum absolute atomic E-state index is 0.380. The second-order valence-electron chi connectivity index (χ2n) is 3.75. The highest BCUT2D eigenvalue weighted by molar-refractivity contribution is 7.80. The first-order valence-corrected chi connectivity index (χ1v) is 5.60. The van der Waals surface area contributed by atoms with Gasteiger partial charge in [-0.05, 0) is 18.2 Å². The Kier molecular flexibility index (Phi) is 4.91. The third-order valence-electron chi connectivity index (χ3n) is 2.17. The molecular formula is C12H15NO4S. The van der Waals surface area contributed by atoms with Crippen molar-refractivity contribution in [2.45, 2.75) is 0 Å². The zero-order valence-corrected chi connectivity index (χ0v) is 11.3. The lowest BCUT2D eigenvalue weighted by Crippen LogP contribution is -2.20. The van der Waals surface area contributed by atoms with Crippen molar-refractivity contribution in [1.29, 1.82) is 0 Å². The molecule has 0 spiro atoms. The van der Waals surface area contributed by atoms with E-state index in [2.05, 4.69) is 0 Å². The van der Waals surface area contributed by atoms with Crippen LogP contribution in [-0.2, 0) is 4.79 Å². The molecule has 0 amide bonds. The standard InChI is InChI=1S/C12H15NO4S/c1-13(2)12(18)8-4-5-9(10(6-8)16-3)17-7-11(14)15/h4-6H,7H2,1-3H3,(H,14,15). The molecule has 0 saturated carbocycles. The number of rotatable bonds is 5. The second-order valence-corrected chi connectivity index (χ2v) is 4.13. The molecule has 18 heavy (non-hydrogen) atoms. The number of carboxylic acid groups (broad SMARTS) is 1. The van der Waals surface area contributed by atoms with Gasteiger partial charge in [0, 0.05) is 19.7 Å². The number of carboxylic acids is 1. The highest BCUT2D eigenvalue weighted by Gasteiger charge is 2.10. The molecular weight excluding hydrogens is 254 g/mol. The molecule has 0 aliphatic carbocycles. The van der Waals surface area contributed by atoms with E-state index in [1.807, 2.05) is 19.0 Å². The summed E-state index contributed by atoms with van der Waals surface area (Å²) in [6.45, 7) is -0.409. The average molecular weight is 269 g/mol. The maximum atomic E-state index is 10.4. The molecule has 0 aliphatic heterocycles. The maximum absolute atomic E-state index is 10.4. The third kappa shape index (κ3) is 3.59. The predicted molar refractivity (Wildman–Crippen MR) is 71.5 cm³/mol. The lowest BCUT2D eigenvalue weighted by Gasteiger charge is -2.16. The van der Waals surface area contributed by atoms with Crippen LogP contribution in [0.4, 0.5) is 0 Å². The average Bonchev–Trinajstić information content (AvgIpc) is 2.34. The fraction of sp³-hybridized carbons (Fsp3) is 0.333. The van der Waals surface area contributed by atoms with Crippen LogP contribution in [0.5, 0.6) is 11.5 Å². The van der Waals surface area contributed by atoms with Gasteiger partial charge >= 0.3 is 5.97 Å². The molecule has 0 aromatic heterocycles. The number of nitrogens with zero attached hydrogens (tertiary/aromatic N) is 1. The minimum atomic E-state index is -1.04. The molecule has 0 saturated heterocycles. The highest BCUT2D eigenvalue weighted by atomic mass is 32.1. The topological polar surface area (TPSA) is 59.0 Å². The van der Waals surface area contributed by atoms with Crippen LogP contribution in [0, 0.1) is 0 Å². The van der Waals surface area contributed by atoms with E-state index < -0.39 is 12.6 Å². The lowest BCUT2D eigenvalue weighted by molar-refractivity contribution is -0.139. The summed E-state index contributed by atoms with van der Waals surface area (Å²) in [4.78, 5) is 12.9. The summed E-state index contributed by atoms with van der Waals surface area (Å²) >= 11 is 5.24. The molecule has 0 atom stereocenters. The lowest BCUT2D eigenvalue weighted by atomic mass is 10.2. The summed E-state index contributed by atoms with van der Waals surface area (Å²) in [5.74, 6) is -0.201. The van der Waals surface area contributed by atoms with Crippen molar-refractivity contribution in [2.75, 3.05) is 27.8 Å². The molecule has 6 heteroatoms. The van der Waals surface area contributed by atoms with Crippen LogP contribution < -0.4 is 9.47 Å². The molecule has 0 radical (unpaired) electrons. The van der Waals surface area contributed by atoms with Crippen LogP contribution in [0.1, 0.15) is 5.56 Å². The van der Waals surface area contributed by atoms with E-state index in [0.29, 0.717) is 16.5 Å². The molecule has 98 valence electrons. The smallest absolute Gasteiger partial charge is 0.341 e. The predicted octanol–water partition coefficient (Wildman–Crippen LogP) is 1.40. The van der Waals surface area contributed by atoms with Crippen LogP contribution in [0.25, 0.3) is 0 Å². The van der Waals surface area contributed by atoms with Crippen molar-refractivity contribution in [3.63, 3.8) is 0 Å². The molecule has 1 aromatic rings. The van der Waals surface area contributed by atoms with Crippen LogP contribution >= 0.6 is 12.2 Å². The van der Waals surface area contributed by atoms with E-state index >= 15 is 0 Å². The Morgan fingerprint density at radius 1 is 1.39 bits per heavy atom. The number of ether oxygens (including phenoxy) is 2. The summed E-state index contributed by atoms with van der Waals surface area (Å²) in [7, 11) is 5.19. The van der Waals surface area contributed by atoms with Crippen molar-refractivity contribution in [3.05, 3.63) is 23.8 Å². The van der Waals surface area contributed by atoms with Gasteiger partial charge in [0.05, 0.1) is 7.11 Å². The van der Waals surface area contributed by atoms with Crippen LogP contribution in [0.2, 0.25) is 0 Å². The fourth-order valence-corrected chi connectivity index (χ4v) is 1.44. The van der Waals surface area contributed by atoms with Gasteiger partial charge in [0.15, 0.2) is 18.1 Å². The number of benzene rings is 1. The van der Waals surface area contributed by atoms with E-state index in [1.54, 1.807) is 18.2 Å². The van der Waals surface area contributed by atoms with Crippen LogP contribution in [0.15, 0.2) is 18.2 Å². The van der Waals surface area contributed by atoms with Gasteiger partial charge in [0.2, 0.25) is 0 Å². The highest BCUT2D eigenvalue weighted by Crippen LogP contribution is 2.28. The quantitative estimate of drug-likeness (QED) is 0.815. The van der Waals surface area contributed by atoms with Crippen molar-refractivity contribution in [2.24, 2.45) is 0 Å². The number of hydrogen-bond acceptors (Lipinski definition) is 4. The minimum Gasteiger partial charge on any atom is -0.493 e. The SMILES string of the molecule is COc1cc(C(=S)N(C)C)ccc1OCC(=O)O. The molecule has 0 aliphatic rings. The van der Waals surface area contributed by atoms with E-state index in [-0.39, 0.29) is 0 Å². The number of carbonyl (C=O) groups is 1. The first-order valence-electron chi connectivity index (χ1n) is 5.20. The van der Waals surface area contributed by atoms with Gasteiger partial charge in [0.25, 0.3) is 0 Å². The van der Waals surface area contributed by atoms with Crippen LogP contribution in [0.3, 0.4) is 0 Å². The molecule has 0 fully saturated rings. The van der Waals surface area contributed by atoms with Gasteiger partial charge in [-0.1, -0.05) is 12.2 Å². The molecule has 1 rings (SSSR count). The summed E-state index contributed by atoms with van der Waals surface area (Å²) in [6, 6.07) is 5.13. The fourth-order valence-electron chi connectivity index (χ4n) is 1.32. The first-order chi connectivity index (χ1) is 8.45. The summed E-state index contributed by atoms with van der Waals surface area (Å²) < 4.78 is 10.3. The zero-order chi connectivity index (χ0) is 13.7. The van der Waals surface area contributed by atoms with Gasteiger partial charge in [0.1, 0.15) is 4.99 Å². The molecule has 1 aromatic carbocycles. The summed E-state index contributed by atoms with van der Waals surface area (Å²) in [5.41, 5.74) is 0.814. The van der Waals surface area contributed by atoms with Crippen molar-refractivity contribution < 1.29 is 19.4 Å². The third-order valence-corrected chi connectivity index (χ3v) is 2.77. The largest absolute Gasteiger partial charge is 0.493 e. The summed E-state index contributed by atoms with van der Waals surface area (Å²) in [5, 5.41) is 8.56. The Morgan fingerprint density at radius 2 is 2.06 bits per heavy atom. The monoisotopic (exact) mass is 269 g/mol. The Balaban J connectivity index is 2.96. The van der Waals surface area contributed by atoms with Gasteiger partial charge in [-0.15, -0.1) is 0 Å². The van der Waals surface area contributed by atoms with Gasteiger partial charge in [-0.25, -0.2) is 4.79 Å². The Morgan fingerprint density at radius 3 is 2.56 bits per heavy atom. The maximum Gasteiger partial charge on any atom is 0.341 e. The van der Waals surface area contributed by atoms with Gasteiger partial charge in [-0.2, -0.15) is 0 Å². The second kappa shape index (κ2) is 6.20. The summed E-state index contributed by atoms with van der Waals surface area (Å²) in [6.07, 6.45) is 0. The van der Waals surface area contributed by atoms with Gasteiger partial charge in [-0.3, -0.25) is 0 Å². The normalized spacial score (nSPS) is 9.72. The molecule has 5 nitrogen and oxygen atoms in total. The molecule has 1 N–H and O–H groups in total. The Bertz CT molecular complexity index is 459. The number of thiocarbonyl (C=S) groups is 1. The van der Waals surface area contributed by atoms with Gasteiger partial charge < -0.3 is 19.5 Å². The molecule has 0 heterocycles. The number of methoxy groups -OCH3 is 1. The van der Waals surface area contributed by atoms with E-state index in [0.717, 1.165) is 5.56 Å². The number of hydrogen-bond donors (Lipinski definition) is 1. The van der Waals surface area contributed by atoms with Crippen LogP contribution in [-0.4, -0.2) is 48.8 Å². The zero-order valence-electron chi connectivity index (χ0n) is 10.5. The molecule has 0 bridgehead atoms. The van der Waals surface area contributed by atoms with Crippen molar-refractivity contribution in [1.82, 2.24) is 4.90 Å². The van der Waals surface area contributed by atoms with E-state index in [1.165, 1.54) is 7.11 Å². The van der Waals surface area contributed by atoms with Crippen molar-refractivity contribution >= 4 is 23.2 Å².